The van der Waals surface area contributed by atoms with Crippen molar-refractivity contribution in [3.8, 4) is 11.8 Å². The highest BCUT2D eigenvalue weighted by Crippen LogP contribution is 2.27. The molecular formula is C10H5N3O4. The van der Waals surface area contributed by atoms with Crippen LogP contribution in [0.15, 0.2) is 23.0 Å². The van der Waals surface area contributed by atoms with Crippen LogP contribution in [0.2, 0.25) is 0 Å². The van der Waals surface area contributed by atoms with Gasteiger partial charge in [0, 0.05) is 17.5 Å². The van der Waals surface area contributed by atoms with Crippen molar-refractivity contribution in [1.82, 2.24) is 4.98 Å². The Morgan fingerprint density at radius 2 is 2.18 bits per heavy atom. The molecule has 0 aliphatic carbocycles. The lowest BCUT2D eigenvalue weighted by Crippen LogP contribution is -2.10. The van der Waals surface area contributed by atoms with Crippen LogP contribution < -0.4 is 5.56 Å². The second kappa shape index (κ2) is 3.61. The quantitative estimate of drug-likeness (QED) is 0.560. The summed E-state index contributed by atoms with van der Waals surface area (Å²) in [5.41, 5.74) is -1.19. The fourth-order valence-corrected chi connectivity index (χ4v) is 1.48. The van der Waals surface area contributed by atoms with Gasteiger partial charge >= 0.3 is 0 Å². The number of nitriles is 1. The Labute approximate surface area is 93.7 Å². The molecule has 0 spiro atoms. The summed E-state index contributed by atoms with van der Waals surface area (Å²) >= 11 is 0. The Kier molecular flexibility index (Phi) is 2.25. The molecule has 2 rings (SSSR count). The van der Waals surface area contributed by atoms with Gasteiger partial charge in [-0.05, 0) is 6.07 Å². The Morgan fingerprint density at radius 1 is 1.47 bits per heavy atom. The van der Waals surface area contributed by atoms with Gasteiger partial charge in [-0.1, -0.05) is 0 Å². The second-order valence-electron chi connectivity index (χ2n) is 3.28. The molecule has 7 heteroatoms. The molecule has 0 unspecified atom stereocenters. The maximum atomic E-state index is 11.3. The number of H-pyrrole nitrogens is 1. The second-order valence-corrected chi connectivity index (χ2v) is 3.28. The SMILES string of the molecule is N#Cc1c(O)c2cc([N+](=O)[O-])ccc2[nH]c1=O. The zero-order chi connectivity index (χ0) is 12.6. The van der Waals surface area contributed by atoms with E-state index in [1.54, 1.807) is 6.07 Å². The van der Waals surface area contributed by atoms with Crippen molar-refractivity contribution in [1.29, 1.82) is 5.26 Å². The number of aromatic nitrogens is 1. The average Bonchev–Trinajstić information content (AvgIpc) is 2.29. The lowest BCUT2D eigenvalue weighted by Gasteiger charge is -2.02. The van der Waals surface area contributed by atoms with Crippen LogP contribution >= 0.6 is 0 Å². The normalized spacial score (nSPS) is 10.1. The van der Waals surface area contributed by atoms with Crippen molar-refractivity contribution >= 4 is 16.6 Å². The summed E-state index contributed by atoms with van der Waals surface area (Å²) in [4.78, 5) is 23.6. The van der Waals surface area contributed by atoms with Gasteiger partial charge in [0.05, 0.1) is 10.4 Å². The number of nitrogens with one attached hydrogen (secondary N) is 1. The van der Waals surface area contributed by atoms with Gasteiger partial charge in [-0.2, -0.15) is 5.26 Å². The van der Waals surface area contributed by atoms with Crippen molar-refractivity contribution < 1.29 is 10.0 Å². The molecule has 2 aromatic rings. The average molecular weight is 231 g/mol. The minimum absolute atomic E-state index is 0.0651. The molecule has 1 heterocycles. The number of benzene rings is 1. The molecule has 84 valence electrons. The maximum Gasteiger partial charge on any atom is 0.270 e. The van der Waals surface area contributed by atoms with E-state index in [0.29, 0.717) is 0 Å². The Hall–Kier alpha value is -2.88. The van der Waals surface area contributed by atoms with E-state index in [-0.39, 0.29) is 16.6 Å². The van der Waals surface area contributed by atoms with Crippen molar-refractivity contribution in [3.05, 3.63) is 44.2 Å². The largest absolute Gasteiger partial charge is 0.506 e. The molecule has 0 aliphatic heterocycles. The molecule has 1 aromatic heterocycles. The van der Waals surface area contributed by atoms with Crippen LogP contribution in [0.1, 0.15) is 5.56 Å². The van der Waals surface area contributed by atoms with Gasteiger partial charge in [0.25, 0.3) is 11.2 Å². The van der Waals surface area contributed by atoms with Crippen molar-refractivity contribution in [2.75, 3.05) is 0 Å². The molecule has 2 N–H and O–H groups in total. The summed E-state index contributed by atoms with van der Waals surface area (Å²) in [5, 5.41) is 29.0. The van der Waals surface area contributed by atoms with Crippen LogP contribution in [0.4, 0.5) is 5.69 Å². The van der Waals surface area contributed by atoms with Crippen LogP contribution in [0.5, 0.6) is 5.75 Å². The van der Waals surface area contributed by atoms with E-state index in [1.165, 1.54) is 12.1 Å². The van der Waals surface area contributed by atoms with Crippen molar-refractivity contribution in [2.45, 2.75) is 0 Å². The number of aromatic amines is 1. The molecule has 0 amide bonds. The van der Waals surface area contributed by atoms with E-state index in [2.05, 4.69) is 4.98 Å². The first-order valence-corrected chi connectivity index (χ1v) is 4.48. The minimum atomic E-state index is -0.730. The van der Waals surface area contributed by atoms with E-state index in [4.69, 9.17) is 5.26 Å². The van der Waals surface area contributed by atoms with Gasteiger partial charge < -0.3 is 10.1 Å². The third kappa shape index (κ3) is 1.57. The number of nitro groups is 1. The number of hydrogen-bond acceptors (Lipinski definition) is 5. The lowest BCUT2D eigenvalue weighted by molar-refractivity contribution is -0.384. The molecule has 7 nitrogen and oxygen atoms in total. The molecule has 0 fully saturated rings. The third-order valence-electron chi connectivity index (χ3n) is 2.29. The van der Waals surface area contributed by atoms with E-state index >= 15 is 0 Å². The highest BCUT2D eigenvalue weighted by molar-refractivity contribution is 5.88. The maximum absolute atomic E-state index is 11.3. The standard InChI is InChI=1S/C10H5N3O4/c11-4-7-9(14)6-3-5(13(16)17)1-2-8(6)12-10(7)15/h1-3H,(H2,12,14,15). The molecular weight excluding hydrogens is 226 g/mol. The van der Waals surface area contributed by atoms with Crippen molar-refractivity contribution in [2.24, 2.45) is 0 Å². The molecule has 0 bridgehead atoms. The smallest absolute Gasteiger partial charge is 0.270 e. The van der Waals surface area contributed by atoms with Gasteiger partial charge in [-0.15, -0.1) is 0 Å². The zero-order valence-electron chi connectivity index (χ0n) is 8.30. The predicted octanol–water partition coefficient (Wildman–Crippen LogP) is 1.01. The van der Waals surface area contributed by atoms with Crippen LogP contribution in [0.25, 0.3) is 10.9 Å². The van der Waals surface area contributed by atoms with Gasteiger partial charge in [-0.25, -0.2) is 0 Å². The predicted molar refractivity (Wildman–Crippen MR) is 57.6 cm³/mol. The number of pyridine rings is 1. The molecule has 0 radical (unpaired) electrons. The molecule has 0 aliphatic rings. The molecule has 0 saturated carbocycles. The summed E-state index contributed by atoms with van der Waals surface area (Å²) in [6.07, 6.45) is 0. The van der Waals surface area contributed by atoms with E-state index in [9.17, 15) is 20.0 Å². The summed E-state index contributed by atoms with van der Waals surface area (Å²) in [6, 6.07) is 5.14. The first kappa shape index (κ1) is 10.6. The third-order valence-corrected chi connectivity index (χ3v) is 2.29. The zero-order valence-corrected chi connectivity index (χ0v) is 8.30. The van der Waals surface area contributed by atoms with Crippen LogP contribution in [0.3, 0.4) is 0 Å². The summed E-state index contributed by atoms with van der Waals surface area (Å²) in [6.45, 7) is 0. The van der Waals surface area contributed by atoms with Gasteiger partial charge in [0.1, 0.15) is 11.8 Å². The summed E-state index contributed by atoms with van der Waals surface area (Å²) in [5.74, 6) is -0.546. The molecule has 1 aromatic carbocycles. The molecule has 0 saturated heterocycles. The highest BCUT2D eigenvalue weighted by Gasteiger charge is 2.14. The molecule has 17 heavy (non-hydrogen) atoms. The molecule has 0 atom stereocenters. The number of non-ortho nitro benzene ring substituents is 1. The number of aromatic hydroxyl groups is 1. The van der Waals surface area contributed by atoms with Crippen LogP contribution in [0, 0.1) is 21.4 Å². The Balaban J connectivity index is 2.91. The highest BCUT2D eigenvalue weighted by atomic mass is 16.6. The first-order chi connectivity index (χ1) is 8.04. The minimum Gasteiger partial charge on any atom is -0.506 e. The van der Waals surface area contributed by atoms with Crippen LogP contribution in [-0.2, 0) is 0 Å². The van der Waals surface area contributed by atoms with Crippen LogP contribution in [-0.4, -0.2) is 15.0 Å². The van der Waals surface area contributed by atoms with E-state index < -0.39 is 21.8 Å². The van der Waals surface area contributed by atoms with Gasteiger partial charge in [0.2, 0.25) is 0 Å². The summed E-state index contributed by atoms with van der Waals surface area (Å²) in [7, 11) is 0. The number of hydrogen-bond donors (Lipinski definition) is 2. The number of nitrogens with zero attached hydrogens (tertiary/aromatic N) is 2. The fourth-order valence-electron chi connectivity index (χ4n) is 1.48. The lowest BCUT2D eigenvalue weighted by atomic mass is 10.1. The number of rotatable bonds is 1. The topological polar surface area (TPSA) is 120 Å². The monoisotopic (exact) mass is 231 g/mol. The Bertz CT molecular complexity index is 727. The Morgan fingerprint density at radius 3 is 2.76 bits per heavy atom. The van der Waals surface area contributed by atoms with Gasteiger partial charge in [-0.3, -0.25) is 14.9 Å². The summed E-state index contributed by atoms with van der Waals surface area (Å²) < 4.78 is 0. The number of nitro benzene ring substituents is 1. The first-order valence-electron chi connectivity index (χ1n) is 4.48. The van der Waals surface area contributed by atoms with E-state index in [1.807, 2.05) is 0 Å². The van der Waals surface area contributed by atoms with Crippen molar-refractivity contribution in [3.63, 3.8) is 0 Å². The van der Waals surface area contributed by atoms with E-state index in [0.717, 1.165) is 6.07 Å². The number of fused-ring (bicyclic) bond motifs is 1. The van der Waals surface area contributed by atoms with Gasteiger partial charge in [0.15, 0.2) is 5.56 Å². The fraction of sp³-hybridized carbons (Fsp3) is 0.